The molecule has 1 amide bonds. The van der Waals surface area contributed by atoms with Crippen molar-refractivity contribution in [2.45, 2.75) is 18.2 Å². The zero-order valence-electron chi connectivity index (χ0n) is 19.8. The highest BCUT2D eigenvalue weighted by Crippen LogP contribution is 2.29. The van der Waals surface area contributed by atoms with Crippen molar-refractivity contribution in [1.82, 2.24) is 15.6 Å². The topological polar surface area (TPSA) is 97.5 Å². The van der Waals surface area contributed by atoms with Crippen molar-refractivity contribution in [2.75, 3.05) is 38.1 Å². The lowest BCUT2D eigenvalue weighted by atomic mass is 10.1. The van der Waals surface area contributed by atoms with Crippen molar-refractivity contribution >= 4 is 29.2 Å². The minimum Gasteiger partial charge on any atom is -0.369 e. The second-order valence-electron chi connectivity index (χ2n) is 8.30. The molecule has 1 saturated heterocycles. The summed E-state index contributed by atoms with van der Waals surface area (Å²) in [6.07, 6.45) is 3.18. The van der Waals surface area contributed by atoms with Gasteiger partial charge in [-0.3, -0.25) is 16.0 Å². The van der Waals surface area contributed by atoms with Crippen molar-refractivity contribution in [3.8, 4) is 0 Å². The van der Waals surface area contributed by atoms with E-state index >= 15 is 0 Å². The third-order valence-corrected chi connectivity index (χ3v) is 6.43. The number of allylic oxidation sites excluding steroid dienone is 1. The van der Waals surface area contributed by atoms with Crippen LogP contribution >= 0.6 is 11.8 Å². The van der Waals surface area contributed by atoms with Gasteiger partial charge >= 0.3 is 0 Å². The minimum atomic E-state index is -0.690. The molecule has 2 aromatic rings. The Balaban J connectivity index is 1.57. The summed E-state index contributed by atoms with van der Waals surface area (Å²) in [5, 5.41) is 10.8. The molecule has 1 fully saturated rings. The number of hydrazine groups is 1. The van der Waals surface area contributed by atoms with Crippen molar-refractivity contribution in [3.63, 3.8) is 0 Å². The van der Waals surface area contributed by atoms with Gasteiger partial charge in [0.2, 0.25) is 5.91 Å². The van der Waals surface area contributed by atoms with Gasteiger partial charge in [0, 0.05) is 53.9 Å². The van der Waals surface area contributed by atoms with E-state index in [9.17, 15) is 13.6 Å². The van der Waals surface area contributed by atoms with E-state index in [4.69, 9.17) is 11.3 Å². The van der Waals surface area contributed by atoms with Crippen LogP contribution in [0.3, 0.4) is 0 Å². The molecule has 2 aromatic carbocycles. The molecule has 10 heteroatoms. The maximum Gasteiger partial charge on any atom is 0.229 e. The van der Waals surface area contributed by atoms with E-state index in [0.29, 0.717) is 15.4 Å². The van der Waals surface area contributed by atoms with Crippen LogP contribution in [0.4, 0.5) is 14.5 Å². The molecule has 0 radical (unpaired) electrons. The van der Waals surface area contributed by atoms with Gasteiger partial charge in [-0.1, -0.05) is 23.9 Å². The first-order chi connectivity index (χ1) is 16.7. The number of nitrogens with one attached hydrogen (secondary N) is 3. The van der Waals surface area contributed by atoms with Crippen molar-refractivity contribution in [3.05, 3.63) is 82.4 Å². The number of thioether (sulfide) groups is 1. The molecule has 0 spiro atoms. The van der Waals surface area contributed by atoms with Gasteiger partial charge in [0.25, 0.3) is 0 Å². The van der Waals surface area contributed by atoms with Crippen LogP contribution in [0.15, 0.2) is 70.1 Å². The summed E-state index contributed by atoms with van der Waals surface area (Å²) in [4.78, 5) is 18.0. The molecular weight excluding hydrogens is 470 g/mol. The van der Waals surface area contributed by atoms with Crippen LogP contribution in [-0.2, 0) is 11.2 Å². The van der Waals surface area contributed by atoms with Crippen LogP contribution in [0.1, 0.15) is 12.5 Å². The molecule has 1 aliphatic rings. The Hall–Kier alpha value is -3.21. The molecule has 0 atom stereocenters. The quantitative estimate of drug-likeness (QED) is 0.111. The number of amides is 1. The van der Waals surface area contributed by atoms with E-state index in [-0.39, 0.29) is 18.2 Å². The van der Waals surface area contributed by atoms with Crippen LogP contribution < -0.4 is 21.5 Å². The lowest BCUT2D eigenvalue weighted by Gasteiger charge is -2.34. The van der Waals surface area contributed by atoms with Gasteiger partial charge in [-0.25, -0.2) is 8.78 Å². The smallest absolute Gasteiger partial charge is 0.229 e. The Morgan fingerprint density at radius 2 is 1.74 bits per heavy atom. The molecule has 186 valence electrons. The van der Waals surface area contributed by atoms with E-state index in [1.165, 1.54) is 18.3 Å². The second kappa shape index (κ2) is 12.5. The lowest BCUT2D eigenvalue weighted by Crippen LogP contribution is -2.44. The van der Waals surface area contributed by atoms with Crippen molar-refractivity contribution in [1.29, 1.82) is 5.41 Å². The van der Waals surface area contributed by atoms with E-state index in [1.807, 2.05) is 24.3 Å². The van der Waals surface area contributed by atoms with Crippen LogP contribution in [-0.4, -0.2) is 49.9 Å². The maximum atomic E-state index is 13.5. The van der Waals surface area contributed by atoms with E-state index in [2.05, 4.69) is 27.6 Å². The summed E-state index contributed by atoms with van der Waals surface area (Å²) in [6.45, 7) is 5.65. The van der Waals surface area contributed by atoms with Gasteiger partial charge in [-0.2, -0.15) is 0 Å². The average molecular weight is 501 g/mol. The zero-order valence-corrected chi connectivity index (χ0v) is 20.6. The highest BCUT2D eigenvalue weighted by atomic mass is 32.2. The number of nitrogens with two attached hydrogens (primary N) is 1. The fourth-order valence-corrected chi connectivity index (χ4v) is 4.53. The molecule has 0 aromatic heterocycles. The number of halogens is 2. The largest absolute Gasteiger partial charge is 0.369 e. The van der Waals surface area contributed by atoms with Gasteiger partial charge in [0.1, 0.15) is 17.5 Å². The first kappa shape index (κ1) is 26.4. The summed E-state index contributed by atoms with van der Waals surface area (Å²) in [7, 11) is 2.12. The molecule has 5 N–H and O–H groups in total. The fraction of sp³-hybridized carbons (Fsp3) is 0.280. The summed E-state index contributed by atoms with van der Waals surface area (Å²) in [5.41, 5.74) is 4.83. The van der Waals surface area contributed by atoms with Gasteiger partial charge < -0.3 is 20.5 Å². The van der Waals surface area contributed by atoms with Crippen molar-refractivity contribution < 1.29 is 13.6 Å². The molecule has 7 nitrogen and oxygen atoms in total. The average Bonchev–Trinajstić information content (AvgIpc) is 2.79. The van der Waals surface area contributed by atoms with Gasteiger partial charge in [-0.05, 0) is 55.4 Å². The fourth-order valence-electron chi connectivity index (χ4n) is 3.55. The van der Waals surface area contributed by atoms with Crippen LogP contribution in [0.25, 0.3) is 0 Å². The molecule has 1 heterocycles. The van der Waals surface area contributed by atoms with Gasteiger partial charge in [0.05, 0.1) is 6.42 Å². The maximum absolute atomic E-state index is 13.5. The van der Waals surface area contributed by atoms with Gasteiger partial charge in [0.15, 0.2) is 0 Å². The Morgan fingerprint density at radius 1 is 1.11 bits per heavy atom. The van der Waals surface area contributed by atoms with E-state index in [1.54, 1.807) is 13.0 Å². The summed E-state index contributed by atoms with van der Waals surface area (Å²) < 4.78 is 27.0. The molecular formula is C25H30F2N6OS. The molecule has 0 bridgehead atoms. The number of benzene rings is 2. The second-order valence-corrected chi connectivity index (χ2v) is 9.45. The Labute approximate surface area is 208 Å². The number of carbonyl (C=O) groups is 1. The first-order valence-electron chi connectivity index (χ1n) is 11.1. The molecule has 0 saturated carbocycles. The third kappa shape index (κ3) is 8.20. The molecule has 3 rings (SSSR count). The van der Waals surface area contributed by atoms with Crippen LogP contribution in [0, 0.1) is 17.0 Å². The van der Waals surface area contributed by atoms with Crippen LogP contribution in [0.5, 0.6) is 0 Å². The lowest BCUT2D eigenvalue weighted by molar-refractivity contribution is -0.119. The molecule has 0 aliphatic carbocycles. The Morgan fingerprint density at radius 3 is 2.34 bits per heavy atom. The van der Waals surface area contributed by atoms with Gasteiger partial charge in [-0.15, -0.1) is 0 Å². The predicted octanol–water partition coefficient (Wildman–Crippen LogP) is 3.40. The Bertz CT molecular complexity index is 1090. The highest BCUT2D eigenvalue weighted by molar-refractivity contribution is 8.03. The summed E-state index contributed by atoms with van der Waals surface area (Å²) >= 11 is 1.07. The molecule has 0 unspecified atom stereocenters. The van der Waals surface area contributed by atoms with E-state index in [0.717, 1.165) is 55.3 Å². The van der Waals surface area contributed by atoms with Crippen molar-refractivity contribution in [2.24, 2.45) is 5.84 Å². The number of hydrogen-bond acceptors (Lipinski definition) is 7. The zero-order chi connectivity index (χ0) is 25.4. The number of anilines is 1. The van der Waals surface area contributed by atoms with Crippen LogP contribution in [0.2, 0.25) is 0 Å². The number of piperazine rings is 1. The highest BCUT2D eigenvalue weighted by Gasteiger charge is 2.15. The number of carbonyl (C=O) groups excluding carboxylic acids is 1. The minimum absolute atomic E-state index is 0.0713. The Kier molecular flexibility index (Phi) is 9.41. The number of rotatable bonds is 8. The number of amidine groups is 1. The standard InChI is InChI=1S/C25H30F2N6OS/c1-17(11-23(16-30-29)35-22-14-19(26)13-20(27)15-22)25(28)31-24(34)12-18-3-5-21(6-4-18)33-9-7-32(2)8-10-33/h3-6,11,13-16,30H,7-10,12,29H2,1-2H3,(H2,28,31,34)/b17-11+,23-16+. The normalized spacial score (nSPS) is 15.2. The number of hydrogen-bond donors (Lipinski definition) is 4. The third-order valence-electron chi connectivity index (χ3n) is 5.48. The predicted molar refractivity (Wildman–Crippen MR) is 137 cm³/mol. The first-order valence-corrected chi connectivity index (χ1v) is 11.9. The molecule has 35 heavy (non-hydrogen) atoms. The molecule has 1 aliphatic heterocycles. The monoisotopic (exact) mass is 500 g/mol. The number of nitrogens with zero attached hydrogens (tertiary/aromatic N) is 2. The SMILES string of the molecule is C/C(=C\C(=C/NN)Sc1cc(F)cc(F)c1)C(=N)NC(=O)Cc1ccc(N2CCN(C)CC2)cc1. The summed E-state index contributed by atoms with van der Waals surface area (Å²) in [6, 6.07) is 11.1. The number of likely N-dealkylation sites (N-methyl/N-ethyl adjacent to an activating group) is 1. The van der Waals surface area contributed by atoms with E-state index < -0.39 is 11.6 Å². The summed E-state index contributed by atoms with van der Waals surface area (Å²) in [5.74, 6) is 3.62.